The fraction of sp³-hybridized carbons (Fsp3) is 0.250. The van der Waals surface area contributed by atoms with Gasteiger partial charge in [0, 0.05) is 24.2 Å². The molecule has 1 saturated heterocycles. The number of hydrogen-bond donors (Lipinski definition) is 2. The van der Waals surface area contributed by atoms with Crippen LogP contribution in [-0.2, 0) is 4.79 Å². The van der Waals surface area contributed by atoms with Crippen molar-refractivity contribution < 1.29 is 15.0 Å². The standard InChI is InChI=1S/C12H13NO3/c1-8(13-7-3-6-11(13)15)9-4-2-5-10(14)12(9)16/h2,4-5,14,16H,1,3,6-7H2. The number of phenols is 2. The van der Waals surface area contributed by atoms with Crippen LogP contribution >= 0.6 is 0 Å². The molecule has 0 bridgehead atoms. The van der Waals surface area contributed by atoms with Gasteiger partial charge < -0.3 is 15.1 Å². The van der Waals surface area contributed by atoms with Crippen molar-refractivity contribution in [2.75, 3.05) is 6.54 Å². The fourth-order valence-electron chi connectivity index (χ4n) is 1.84. The van der Waals surface area contributed by atoms with Crippen LogP contribution in [0, 0.1) is 0 Å². The molecule has 1 aliphatic heterocycles. The van der Waals surface area contributed by atoms with E-state index in [4.69, 9.17) is 0 Å². The minimum absolute atomic E-state index is 0.00717. The van der Waals surface area contributed by atoms with E-state index in [2.05, 4.69) is 6.58 Å². The van der Waals surface area contributed by atoms with Gasteiger partial charge in [0.1, 0.15) is 0 Å². The Morgan fingerprint density at radius 3 is 2.75 bits per heavy atom. The molecule has 0 radical (unpaired) electrons. The summed E-state index contributed by atoms with van der Waals surface area (Å²) in [6, 6.07) is 4.62. The third kappa shape index (κ3) is 1.62. The van der Waals surface area contributed by atoms with Crippen molar-refractivity contribution in [1.29, 1.82) is 0 Å². The second-order valence-electron chi connectivity index (χ2n) is 3.77. The molecule has 4 heteroatoms. The Kier molecular flexibility index (Phi) is 2.56. The zero-order valence-corrected chi connectivity index (χ0v) is 8.81. The van der Waals surface area contributed by atoms with Gasteiger partial charge in [-0.25, -0.2) is 0 Å². The van der Waals surface area contributed by atoms with Crippen molar-refractivity contribution in [3.63, 3.8) is 0 Å². The summed E-state index contributed by atoms with van der Waals surface area (Å²) in [6.07, 6.45) is 1.32. The highest BCUT2D eigenvalue weighted by molar-refractivity contribution is 5.89. The highest BCUT2D eigenvalue weighted by Crippen LogP contribution is 2.35. The van der Waals surface area contributed by atoms with Crippen LogP contribution in [0.15, 0.2) is 24.8 Å². The van der Waals surface area contributed by atoms with E-state index in [1.165, 1.54) is 11.0 Å². The molecule has 84 valence electrons. The predicted molar refractivity (Wildman–Crippen MR) is 59.8 cm³/mol. The SMILES string of the molecule is C=C(c1cccc(O)c1O)N1CCCC1=O. The summed E-state index contributed by atoms with van der Waals surface area (Å²) in [5, 5.41) is 19.0. The van der Waals surface area contributed by atoms with Crippen LogP contribution in [0.25, 0.3) is 5.70 Å². The van der Waals surface area contributed by atoms with Gasteiger partial charge in [0.25, 0.3) is 0 Å². The lowest BCUT2D eigenvalue weighted by Crippen LogP contribution is -2.22. The molecule has 1 aliphatic rings. The maximum atomic E-state index is 11.5. The van der Waals surface area contributed by atoms with E-state index in [0.717, 1.165) is 6.42 Å². The first-order valence-electron chi connectivity index (χ1n) is 5.12. The molecule has 2 rings (SSSR count). The van der Waals surface area contributed by atoms with Crippen LogP contribution in [0.5, 0.6) is 11.5 Å². The van der Waals surface area contributed by atoms with E-state index in [1.807, 2.05) is 0 Å². The first-order valence-corrected chi connectivity index (χ1v) is 5.12. The van der Waals surface area contributed by atoms with Gasteiger partial charge in [0.2, 0.25) is 5.91 Å². The zero-order chi connectivity index (χ0) is 11.7. The summed E-state index contributed by atoms with van der Waals surface area (Å²) in [5.41, 5.74) is 0.839. The molecule has 1 aromatic rings. The summed E-state index contributed by atoms with van der Waals surface area (Å²) in [7, 11) is 0. The second kappa shape index (κ2) is 3.89. The number of carbonyl (C=O) groups is 1. The average molecular weight is 219 g/mol. The van der Waals surface area contributed by atoms with Gasteiger partial charge in [-0.05, 0) is 18.6 Å². The maximum Gasteiger partial charge on any atom is 0.227 e. The number of nitrogens with zero attached hydrogens (tertiary/aromatic N) is 1. The van der Waals surface area contributed by atoms with Gasteiger partial charge in [-0.3, -0.25) is 4.79 Å². The van der Waals surface area contributed by atoms with Crippen LogP contribution in [0.2, 0.25) is 0 Å². The van der Waals surface area contributed by atoms with Crippen LogP contribution in [0.4, 0.5) is 0 Å². The first kappa shape index (κ1) is 10.5. The van der Waals surface area contributed by atoms with E-state index in [9.17, 15) is 15.0 Å². The summed E-state index contributed by atoms with van der Waals surface area (Å²) in [4.78, 5) is 13.0. The topological polar surface area (TPSA) is 60.8 Å². The average Bonchev–Trinajstić information content (AvgIpc) is 2.68. The Bertz CT molecular complexity index is 454. The summed E-state index contributed by atoms with van der Waals surface area (Å²) in [5.74, 6) is -0.426. The Morgan fingerprint density at radius 1 is 1.38 bits per heavy atom. The number of phenolic OH excluding ortho intramolecular Hbond substituents is 2. The van der Waals surface area contributed by atoms with Crippen molar-refractivity contribution in [2.45, 2.75) is 12.8 Å². The van der Waals surface area contributed by atoms with Crippen LogP contribution in [-0.4, -0.2) is 27.6 Å². The number of benzene rings is 1. The number of aromatic hydroxyl groups is 2. The lowest BCUT2D eigenvalue weighted by atomic mass is 10.1. The molecule has 1 aromatic carbocycles. The molecule has 1 amide bonds. The van der Waals surface area contributed by atoms with Crippen LogP contribution in [0.3, 0.4) is 0 Å². The van der Waals surface area contributed by atoms with Gasteiger partial charge >= 0.3 is 0 Å². The molecule has 16 heavy (non-hydrogen) atoms. The molecule has 0 atom stereocenters. The molecule has 4 nitrogen and oxygen atoms in total. The first-order chi connectivity index (χ1) is 7.61. The monoisotopic (exact) mass is 219 g/mol. The second-order valence-corrected chi connectivity index (χ2v) is 3.77. The van der Waals surface area contributed by atoms with Gasteiger partial charge in [0.15, 0.2) is 11.5 Å². The van der Waals surface area contributed by atoms with E-state index >= 15 is 0 Å². The molecule has 0 saturated carbocycles. The van der Waals surface area contributed by atoms with Crippen molar-refractivity contribution >= 4 is 11.6 Å². The predicted octanol–water partition coefficient (Wildman–Crippen LogP) is 1.69. The highest BCUT2D eigenvalue weighted by Gasteiger charge is 2.24. The third-order valence-corrected chi connectivity index (χ3v) is 2.72. The van der Waals surface area contributed by atoms with E-state index in [0.29, 0.717) is 24.2 Å². The van der Waals surface area contributed by atoms with E-state index < -0.39 is 0 Å². The molecule has 0 unspecified atom stereocenters. The van der Waals surface area contributed by atoms with Crippen molar-refractivity contribution in [3.8, 4) is 11.5 Å². The van der Waals surface area contributed by atoms with Gasteiger partial charge in [0.05, 0.1) is 0 Å². The largest absolute Gasteiger partial charge is 0.504 e. The van der Waals surface area contributed by atoms with E-state index in [1.54, 1.807) is 12.1 Å². The quantitative estimate of drug-likeness (QED) is 0.744. The normalized spacial score (nSPS) is 15.5. The molecule has 1 heterocycles. The molecule has 0 aromatic heterocycles. The van der Waals surface area contributed by atoms with Crippen LogP contribution in [0.1, 0.15) is 18.4 Å². The van der Waals surface area contributed by atoms with Crippen molar-refractivity contribution in [1.82, 2.24) is 4.90 Å². The number of hydrogen-bond acceptors (Lipinski definition) is 3. The summed E-state index contributed by atoms with van der Waals surface area (Å²) >= 11 is 0. The Balaban J connectivity index is 2.34. The number of amides is 1. The minimum atomic E-state index is -0.229. The molecular weight excluding hydrogens is 206 g/mol. The van der Waals surface area contributed by atoms with Gasteiger partial charge in [-0.15, -0.1) is 0 Å². The summed E-state index contributed by atoms with van der Waals surface area (Å²) in [6.45, 7) is 4.41. The Hall–Kier alpha value is -1.97. The molecular formula is C12H13NO3. The number of carbonyl (C=O) groups excluding carboxylic acids is 1. The van der Waals surface area contributed by atoms with Gasteiger partial charge in [-0.2, -0.15) is 0 Å². The number of rotatable bonds is 2. The molecule has 1 fully saturated rings. The van der Waals surface area contributed by atoms with E-state index in [-0.39, 0.29) is 17.4 Å². The lowest BCUT2D eigenvalue weighted by Gasteiger charge is -2.19. The third-order valence-electron chi connectivity index (χ3n) is 2.72. The van der Waals surface area contributed by atoms with Gasteiger partial charge in [-0.1, -0.05) is 12.6 Å². The molecule has 0 spiro atoms. The zero-order valence-electron chi connectivity index (χ0n) is 8.81. The van der Waals surface area contributed by atoms with Crippen molar-refractivity contribution in [2.24, 2.45) is 0 Å². The van der Waals surface area contributed by atoms with Crippen LogP contribution < -0.4 is 0 Å². The highest BCUT2D eigenvalue weighted by atomic mass is 16.3. The minimum Gasteiger partial charge on any atom is -0.504 e. The summed E-state index contributed by atoms with van der Waals surface area (Å²) < 4.78 is 0. The number of para-hydroxylation sites is 1. The van der Waals surface area contributed by atoms with Crippen molar-refractivity contribution in [3.05, 3.63) is 30.3 Å². The molecule has 2 N–H and O–H groups in total. The molecule has 0 aliphatic carbocycles. The Labute approximate surface area is 93.4 Å². The fourth-order valence-corrected chi connectivity index (χ4v) is 1.84. The lowest BCUT2D eigenvalue weighted by molar-refractivity contribution is -0.124. The maximum absolute atomic E-state index is 11.5. The number of likely N-dealkylation sites (tertiary alicyclic amines) is 1. The Morgan fingerprint density at radius 2 is 2.12 bits per heavy atom. The smallest absolute Gasteiger partial charge is 0.227 e.